The molecular formula is C12H16F3NO. The van der Waals surface area contributed by atoms with Crippen LogP contribution >= 0.6 is 0 Å². The molecule has 96 valence electrons. The molecule has 0 aliphatic rings. The monoisotopic (exact) mass is 247 g/mol. The molecule has 1 aromatic rings. The first kappa shape index (κ1) is 13.8. The van der Waals surface area contributed by atoms with E-state index in [4.69, 9.17) is 5.73 Å². The third-order valence-electron chi connectivity index (χ3n) is 2.41. The van der Waals surface area contributed by atoms with Gasteiger partial charge in [0, 0.05) is 11.6 Å². The lowest BCUT2D eigenvalue weighted by Gasteiger charge is -2.17. The van der Waals surface area contributed by atoms with Crippen LogP contribution in [0.3, 0.4) is 0 Å². The normalized spacial score (nSPS) is 13.5. The van der Waals surface area contributed by atoms with Gasteiger partial charge in [-0.3, -0.25) is 0 Å². The summed E-state index contributed by atoms with van der Waals surface area (Å²) in [7, 11) is 0. The number of benzene rings is 1. The molecule has 0 aliphatic carbocycles. The zero-order valence-corrected chi connectivity index (χ0v) is 9.63. The van der Waals surface area contributed by atoms with Crippen molar-refractivity contribution in [2.75, 3.05) is 0 Å². The predicted molar refractivity (Wildman–Crippen MR) is 59.6 cm³/mol. The van der Waals surface area contributed by atoms with Crippen molar-refractivity contribution in [1.82, 2.24) is 0 Å². The van der Waals surface area contributed by atoms with Gasteiger partial charge in [0.15, 0.2) is 0 Å². The minimum atomic E-state index is -4.68. The predicted octanol–water partition coefficient (Wildman–Crippen LogP) is 3.78. The standard InChI is InChI=1S/C12H16F3NO/c1-2-3-7-10(16)9-6-4-5-8-11(9)17-12(13,14)15/h4-6,8,10H,2-3,7,16H2,1H3/t10-/m0/s1. The number of nitrogens with two attached hydrogens (primary N) is 1. The van der Waals surface area contributed by atoms with Crippen molar-refractivity contribution in [3.63, 3.8) is 0 Å². The lowest BCUT2D eigenvalue weighted by atomic mass is 10.0. The molecule has 0 spiro atoms. The molecule has 2 nitrogen and oxygen atoms in total. The maximum atomic E-state index is 12.2. The first-order valence-corrected chi connectivity index (χ1v) is 5.54. The van der Waals surface area contributed by atoms with Crippen molar-refractivity contribution >= 4 is 0 Å². The number of ether oxygens (including phenoxy) is 1. The Morgan fingerprint density at radius 3 is 2.53 bits per heavy atom. The fourth-order valence-electron chi connectivity index (χ4n) is 1.58. The van der Waals surface area contributed by atoms with Crippen molar-refractivity contribution < 1.29 is 17.9 Å². The van der Waals surface area contributed by atoms with E-state index in [0.717, 1.165) is 12.8 Å². The minimum Gasteiger partial charge on any atom is -0.405 e. The van der Waals surface area contributed by atoms with Gasteiger partial charge < -0.3 is 10.5 Å². The molecule has 0 radical (unpaired) electrons. The molecule has 0 saturated heterocycles. The van der Waals surface area contributed by atoms with E-state index in [-0.39, 0.29) is 5.75 Å². The number of hydrogen-bond acceptors (Lipinski definition) is 2. The number of para-hydroxylation sites is 1. The quantitative estimate of drug-likeness (QED) is 0.859. The largest absolute Gasteiger partial charge is 0.573 e. The molecule has 0 saturated carbocycles. The van der Waals surface area contributed by atoms with Crippen LogP contribution in [0.1, 0.15) is 37.8 Å². The number of halogens is 3. The highest BCUT2D eigenvalue weighted by Crippen LogP contribution is 2.31. The third-order valence-corrected chi connectivity index (χ3v) is 2.41. The first-order chi connectivity index (χ1) is 7.94. The van der Waals surface area contributed by atoms with E-state index in [2.05, 4.69) is 4.74 Å². The smallest absolute Gasteiger partial charge is 0.405 e. The van der Waals surface area contributed by atoms with Crippen LogP contribution in [0.25, 0.3) is 0 Å². The fraction of sp³-hybridized carbons (Fsp3) is 0.500. The van der Waals surface area contributed by atoms with Crippen molar-refractivity contribution in [2.45, 2.75) is 38.6 Å². The molecule has 0 bridgehead atoms. The second-order valence-corrected chi connectivity index (χ2v) is 3.83. The van der Waals surface area contributed by atoms with E-state index in [1.165, 1.54) is 12.1 Å². The molecule has 0 aliphatic heterocycles. The van der Waals surface area contributed by atoms with Crippen LogP contribution in [0.2, 0.25) is 0 Å². The Bertz CT molecular complexity index is 352. The van der Waals surface area contributed by atoms with E-state index in [9.17, 15) is 13.2 Å². The highest BCUT2D eigenvalue weighted by atomic mass is 19.4. The van der Waals surface area contributed by atoms with Gasteiger partial charge in [0.2, 0.25) is 0 Å². The van der Waals surface area contributed by atoms with Gasteiger partial charge in [-0.15, -0.1) is 13.2 Å². The Hall–Kier alpha value is -1.23. The van der Waals surface area contributed by atoms with Crippen LogP contribution < -0.4 is 10.5 Å². The molecule has 5 heteroatoms. The lowest BCUT2D eigenvalue weighted by Crippen LogP contribution is -2.20. The summed E-state index contributed by atoms with van der Waals surface area (Å²) >= 11 is 0. The zero-order valence-electron chi connectivity index (χ0n) is 9.63. The van der Waals surface area contributed by atoms with Crippen LogP contribution in [-0.2, 0) is 0 Å². The van der Waals surface area contributed by atoms with Crippen LogP contribution in [0.5, 0.6) is 5.75 Å². The summed E-state index contributed by atoms with van der Waals surface area (Å²) in [6.45, 7) is 2.00. The van der Waals surface area contributed by atoms with Gasteiger partial charge in [-0.25, -0.2) is 0 Å². The summed E-state index contributed by atoms with van der Waals surface area (Å²) in [5.74, 6) is -0.205. The van der Waals surface area contributed by atoms with Crippen LogP contribution in [0, 0.1) is 0 Å². The number of unbranched alkanes of at least 4 members (excludes halogenated alkanes) is 1. The summed E-state index contributed by atoms with van der Waals surface area (Å²) < 4.78 is 40.5. The molecule has 1 atom stereocenters. The first-order valence-electron chi connectivity index (χ1n) is 5.54. The Kier molecular flexibility index (Phi) is 4.81. The Morgan fingerprint density at radius 1 is 1.29 bits per heavy atom. The molecular weight excluding hydrogens is 231 g/mol. The topological polar surface area (TPSA) is 35.2 Å². The van der Waals surface area contributed by atoms with Crippen LogP contribution in [0.4, 0.5) is 13.2 Å². The van der Waals surface area contributed by atoms with Gasteiger partial charge in [-0.2, -0.15) is 0 Å². The lowest BCUT2D eigenvalue weighted by molar-refractivity contribution is -0.275. The summed E-state index contributed by atoms with van der Waals surface area (Å²) in [5, 5.41) is 0. The SMILES string of the molecule is CCCC[C@H](N)c1ccccc1OC(F)(F)F. The highest BCUT2D eigenvalue weighted by Gasteiger charge is 2.32. The van der Waals surface area contributed by atoms with E-state index in [1.807, 2.05) is 6.92 Å². The van der Waals surface area contributed by atoms with Gasteiger partial charge in [-0.05, 0) is 12.5 Å². The van der Waals surface area contributed by atoms with Gasteiger partial charge in [0.1, 0.15) is 5.75 Å². The van der Waals surface area contributed by atoms with Gasteiger partial charge in [0.25, 0.3) is 0 Å². The van der Waals surface area contributed by atoms with Crippen molar-refractivity contribution in [3.05, 3.63) is 29.8 Å². The number of hydrogen-bond donors (Lipinski definition) is 1. The molecule has 2 N–H and O–H groups in total. The molecule has 0 amide bonds. The summed E-state index contributed by atoms with van der Waals surface area (Å²) in [4.78, 5) is 0. The van der Waals surface area contributed by atoms with Gasteiger partial charge in [0.05, 0.1) is 0 Å². The van der Waals surface area contributed by atoms with Crippen molar-refractivity contribution in [3.8, 4) is 5.75 Å². The third kappa shape index (κ3) is 4.65. The average molecular weight is 247 g/mol. The van der Waals surface area contributed by atoms with Crippen LogP contribution in [-0.4, -0.2) is 6.36 Å². The Morgan fingerprint density at radius 2 is 1.94 bits per heavy atom. The molecule has 0 heterocycles. The Balaban J connectivity index is 2.83. The van der Waals surface area contributed by atoms with E-state index >= 15 is 0 Å². The summed E-state index contributed by atoms with van der Waals surface area (Å²) in [5.41, 5.74) is 6.25. The fourth-order valence-corrected chi connectivity index (χ4v) is 1.58. The maximum absolute atomic E-state index is 12.2. The maximum Gasteiger partial charge on any atom is 0.573 e. The van der Waals surface area contributed by atoms with E-state index in [1.54, 1.807) is 12.1 Å². The highest BCUT2D eigenvalue weighted by molar-refractivity contribution is 5.35. The molecule has 1 aromatic carbocycles. The Labute approximate surface area is 98.6 Å². The summed E-state index contributed by atoms with van der Waals surface area (Å²) in [6.07, 6.45) is -2.20. The molecule has 17 heavy (non-hydrogen) atoms. The number of alkyl halides is 3. The molecule has 0 unspecified atom stereocenters. The van der Waals surface area contributed by atoms with E-state index < -0.39 is 12.4 Å². The molecule has 0 fully saturated rings. The van der Waals surface area contributed by atoms with Crippen molar-refractivity contribution in [2.24, 2.45) is 5.73 Å². The van der Waals surface area contributed by atoms with Crippen LogP contribution in [0.15, 0.2) is 24.3 Å². The van der Waals surface area contributed by atoms with Gasteiger partial charge in [-0.1, -0.05) is 38.0 Å². The van der Waals surface area contributed by atoms with E-state index in [0.29, 0.717) is 12.0 Å². The molecule has 1 rings (SSSR count). The number of rotatable bonds is 5. The average Bonchev–Trinajstić information content (AvgIpc) is 2.24. The minimum absolute atomic E-state index is 0.205. The second kappa shape index (κ2) is 5.91. The summed E-state index contributed by atoms with van der Waals surface area (Å²) in [6, 6.07) is 5.59. The van der Waals surface area contributed by atoms with Crippen molar-refractivity contribution in [1.29, 1.82) is 0 Å². The second-order valence-electron chi connectivity index (χ2n) is 3.83. The molecule has 0 aromatic heterocycles. The van der Waals surface area contributed by atoms with Gasteiger partial charge >= 0.3 is 6.36 Å². The zero-order chi connectivity index (χ0) is 12.9.